The fourth-order valence-corrected chi connectivity index (χ4v) is 5.01. The number of aryl methyl sites for hydroxylation is 6. The van der Waals surface area contributed by atoms with Gasteiger partial charge in [0.05, 0.1) is 34.2 Å². The van der Waals surface area contributed by atoms with E-state index in [0.717, 1.165) is 39.7 Å². The van der Waals surface area contributed by atoms with Crippen molar-refractivity contribution < 1.29 is 0 Å². The Balaban J connectivity index is 1.86. The lowest BCUT2D eigenvalue weighted by molar-refractivity contribution is 0.901. The highest BCUT2D eigenvalue weighted by atomic mass is 15.0. The first-order valence-electron chi connectivity index (χ1n) is 12.2. The molecule has 0 aliphatic heterocycles. The molecule has 0 aliphatic carbocycles. The van der Waals surface area contributed by atoms with Gasteiger partial charge in [0.25, 0.3) is 0 Å². The van der Waals surface area contributed by atoms with Gasteiger partial charge in [-0.05, 0) is 82.9 Å². The zero-order valence-electron chi connectivity index (χ0n) is 22.2. The molecule has 0 spiro atoms. The molecule has 0 bridgehead atoms. The third-order valence-corrected chi connectivity index (χ3v) is 6.56. The van der Waals surface area contributed by atoms with Crippen molar-refractivity contribution in [1.29, 1.82) is 0 Å². The van der Waals surface area contributed by atoms with Crippen LogP contribution in [-0.4, -0.2) is 16.0 Å². The predicted octanol–water partition coefficient (Wildman–Crippen LogP) is 8.19. The average molecular weight is 462 g/mol. The van der Waals surface area contributed by atoms with Gasteiger partial charge in [-0.1, -0.05) is 65.7 Å². The van der Waals surface area contributed by atoms with Gasteiger partial charge >= 0.3 is 0 Å². The van der Waals surface area contributed by atoms with Gasteiger partial charge in [-0.2, -0.15) is 0 Å². The van der Waals surface area contributed by atoms with Crippen molar-refractivity contribution in [3.63, 3.8) is 0 Å². The van der Waals surface area contributed by atoms with Crippen LogP contribution in [0, 0.1) is 41.5 Å². The molecule has 0 aliphatic rings. The lowest BCUT2D eigenvalue weighted by atomic mass is 10.0. The van der Waals surface area contributed by atoms with Crippen LogP contribution in [0.15, 0.2) is 76.7 Å². The fraction of sp³-hybridized carbons (Fsp3) is 0.250. The molecule has 35 heavy (non-hydrogen) atoms. The molecule has 0 radical (unpaired) electrons. The summed E-state index contributed by atoms with van der Waals surface area (Å²) in [6.07, 6.45) is 0. The van der Waals surface area contributed by atoms with Gasteiger partial charge in [-0.25, -0.2) is 4.99 Å². The van der Waals surface area contributed by atoms with Crippen molar-refractivity contribution in [1.82, 2.24) is 4.57 Å². The summed E-state index contributed by atoms with van der Waals surface area (Å²) in [6, 6.07) is 23.6. The molecular formula is C32H35N3. The molecule has 4 rings (SSSR count). The molecule has 3 aromatic carbocycles. The van der Waals surface area contributed by atoms with E-state index in [1.165, 1.54) is 33.4 Å². The highest BCUT2D eigenvalue weighted by Gasteiger charge is 2.16. The second-order valence-corrected chi connectivity index (χ2v) is 9.68. The smallest absolute Gasteiger partial charge is 0.0946 e. The van der Waals surface area contributed by atoms with Gasteiger partial charge in [0.1, 0.15) is 0 Å². The number of nitrogens with zero attached hydrogens (tertiary/aromatic N) is 3. The van der Waals surface area contributed by atoms with Crippen molar-refractivity contribution in [3.05, 3.63) is 117 Å². The normalized spacial score (nSPS) is 12.3. The third-order valence-electron chi connectivity index (χ3n) is 6.56. The Morgan fingerprint density at radius 2 is 1.06 bits per heavy atom. The topological polar surface area (TPSA) is 29.6 Å². The molecule has 178 valence electrons. The number of aromatic nitrogens is 1. The molecule has 0 N–H and O–H groups in total. The minimum Gasteiger partial charge on any atom is -0.341 e. The molecule has 0 atom stereocenters. The van der Waals surface area contributed by atoms with Gasteiger partial charge < -0.3 is 4.57 Å². The Bertz CT molecular complexity index is 1400. The van der Waals surface area contributed by atoms with E-state index >= 15 is 0 Å². The Hall–Kier alpha value is -3.72. The van der Waals surface area contributed by atoms with Crippen molar-refractivity contribution in [2.45, 2.75) is 48.5 Å². The molecule has 0 unspecified atom stereocenters. The first-order valence-corrected chi connectivity index (χ1v) is 12.2. The van der Waals surface area contributed by atoms with Gasteiger partial charge in [-0.3, -0.25) is 4.99 Å². The molecule has 3 heteroatoms. The predicted molar refractivity (Wildman–Crippen MR) is 150 cm³/mol. The van der Waals surface area contributed by atoms with Crippen LogP contribution in [0.5, 0.6) is 0 Å². The standard InChI is InChI=1S/C32H35N3/c1-20-16-22(3)30(23(4)17-20)33-26(7)28-14-15-29(35(28)8)32(27-12-10-9-11-13-27)34-31-24(5)18-21(2)19-25(31)6/h9-19H,1-8H3. The Kier molecular flexibility index (Phi) is 6.88. The zero-order valence-corrected chi connectivity index (χ0v) is 22.2. The summed E-state index contributed by atoms with van der Waals surface area (Å²) in [7, 11) is 2.10. The minimum atomic E-state index is 0.963. The molecular weight excluding hydrogens is 426 g/mol. The van der Waals surface area contributed by atoms with Crippen LogP contribution in [0.2, 0.25) is 0 Å². The average Bonchev–Trinajstić information content (AvgIpc) is 3.17. The van der Waals surface area contributed by atoms with Gasteiger partial charge in [0.15, 0.2) is 0 Å². The third kappa shape index (κ3) is 5.05. The van der Waals surface area contributed by atoms with E-state index in [0.29, 0.717) is 0 Å². The first kappa shape index (κ1) is 24.4. The molecule has 0 fully saturated rings. The van der Waals surface area contributed by atoms with Crippen LogP contribution in [0.1, 0.15) is 57.3 Å². The molecule has 1 heterocycles. The van der Waals surface area contributed by atoms with Crippen LogP contribution in [0.25, 0.3) is 0 Å². The first-order chi connectivity index (χ1) is 16.7. The second-order valence-electron chi connectivity index (χ2n) is 9.68. The van der Waals surface area contributed by atoms with E-state index in [1.807, 2.05) is 6.07 Å². The maximum atomic E-state index is 5.25. The van der Waals surface area contributed by atoms with Crippen LogP contribution >= 0.6 is 0 Å². The number of hydrogen-bond acceptors (Lipinski definition) is 2. The summed E-state index contributed by atoms with van der Waals surface area (Å²) < 4.78 is 2.21. The van der Waals surface area contributed by atoms with E-state index < -0.39 is 0 Å². The second kappa shape index (κ2) is 9.87. The molecule has 0 amide bonds. The van der Waals surface area contributed by atoms with Crippen molar-refractivity contribution in [2.24, 2.45) is 17.0 Å². The quantitative estimate of drug-likeness (QED) is 0.268. The van der Waals surface area contributed by atoms with E-state index in [1.54, 1.807) is 0 Å². The SMILES string of the molecule is CC(=Nc1c(C)cc(C)cc1C)c1ccc(C(=Nc2c(C)cc(C)cc2C)c2ccccc2)n1C. The lowest BCUT2D eigenvalue weighted by Crippen LogP contribution is -2.12. The number of benzene rings is 3. The highest BCUT2D eigenvalue weighted by molar-refractivity contribution is 6.14. The zero-order chi connectivity index (χ0) is 25.3. The molecule has 1 aromatic heterocycles. The summed E-state index contributed by atoms with van der Waals surface area (Å²) in [5.74, 6) is 0. The van der Waals surface area contributed by atoms with E-state index in [2.05, 4.69) is 121 Å². The van der Waals surface area contributed by atoms with Crippen molar-refractivity contribution in [2.75, 3.05) is 0 Å². The van der Waals surface area contributed by atoms with Crippen molar-refractivity contribution in [3.8, 4) is 0 Å². The van der Waals surface area contributed by atoms with Crippen LogP contribution in [0.4, 0.5) is 11.4 Å². The lowest BCUT2D eigenvalue weighted by Gasteiger charge is -2.14. The summed E-state index contributed by atoms with van der Waals surface area (Å²) in [5.41, 5.74) is 14.6. The van der Waals surface area contributed by atoms with Crippen LogP contribution < -0.4 is 0 Å². The van der Waals surface area contributed by atoms with Crippen LogP contribution in [-0.2, 0) is 7.05 Å². The summed E-state index contributed by atoms with van der Waals surface area (Å²) in [5, 5.41) is 0. The number of rotatable bonds is 5. The Labute approximate surface area is 209 Å². The monoisotopic (exact) mass is 461 g/mol. The maximum Gasteiger partial charge on any atom is 0.0946 e. The molecule has 0 saturated carbocycles. The largest absolute Gasteiger partial charge is 0.341 e. The van der Waals surface area contributed by atoms with Gasteiger partial charge in [0.2, 0.25) is 0 Å². The van der Waals surface area contributed by atoms with E-state index in [-0.39, 0.29) is 0 Å². The van der Waals surface area contributed by atoms with Crippen molar-refractivity contribution >= 4 is 22.8 Å². The Morgan fingerprint density at radius 3 is 1.57 bits per heavy atom. The van der Waals surface area contributed by atoms with E-state index in [9.17, 15) is 0 Å². The Morgan fingerprint density at radius 1 is 0.600 bits per heavy atom. The molecule has 0 saturated heterocycles. The van der Waals surface area contributed by atoms with Crippen LogP contribution in [0.3, 0.4) is 0 Å². The summed E-state index contributed by atoms with van der Waals surface area (Å²) in [4.78, 5) is 10.3. The highest BCUT2D eigenvalue weighted by Crippen LogP contribution is 2.29. The van der Waals surface area contributed by atoms with E-state index in [4.69, 9.17) is 9.98 Å². The minimum absolute atomic E-state index is 0.963. The van der Waals surface area contributed by atoms with Gasteiger partial charge in [0, 0.05) is 12.6 Å². The number of hydrogen-bond donors (Lipinski definition) is 0. The molecule has 3 nitrogen and oxygen atoms in total. The van der Waals surface area contributed by atoms with Gasteiger partial charge in [-0.15, -0.1) is 0 Å². The maximum absolute atomic E-state index is 5.25. The molecule has 4 aromatic rings. The summed E-state index contributed by atoms with van der Waals surface area (Å²) >= 11 is 0. The fourth-order valence-electron chi connectivity index (χ4n) is 5.01. The summed E-state index contributed by atoms with van der Waals surface area (Å²) in [6.45, 7) is 14.9. The number of aliphatic imine (C=N–C) groups is 2.